The summed E-state index contributed by atoms with van der Waals surface area (Å²) in [6.45, 7) is 47.4. The number of hydroxylamine groups is 1. The van der Waals surface area contributed by atoms with Crippen LogP contribution in [0.25, 0.3) is 10.8 Å². The van der Waals surface area contributed by atoms with Crippen molar-refractivity contribution in [1.29, 1.82) is 0 Å². The molecule has 0 spiro atoms. The van der Waals surface area contributed by atoms with E-state index >= 15 is 0 Å². The summed E-state index contributed by atoms with van der Waals surface area (Å²) >= 11 is 13.5. The first-order valence-corrected chi connectivity index (χ1v) is 58.9. The van der Waals surface area contributed by atoms with Crippen LogP contribution in [0.2, 0.25) is 0 Å². The maximum atomic E-state index is 11.3. The van der Waals surface area contributed by atoms with E-state index in [1.165, 1.54) is 103 Å². The largest absolute Gasteiger partial charge is 1.00 e. The van der Waals surface area contributed by atoms with Gasteiger partial charge in [0, 0.05) is 153 Å². The molecule has 17 rings (SSSR count). The summed E-state index contributed by atoms with van der Waals surface area (Å²) in [7, 11) is -15.5. The van der Waals surface area contributed by atoms with Crippen LogP contribution in [-0.4, -0.2) is 157 Å². The fraction of sp³-hybridized carbons (Fsp3) is 0.454. The van der Waals surface area contributed by atoms with Gasteiger partial charge >= 0.3 is 29.6 Å². The molecule has 8 aromatic carbocycles. The Balaban J connectivity index is 0.000000256. The van der Waals surface area contributed by atoms with Gasteiger partial charge in [0.05, 0.1) is 88.1 Å². The van der Waals surface area contributed by atoms with Crippen molar-refractivity contribution in [3.63, 3.8) is 0 Å². The molecule has 0 radical (unpaired) electrons. The van der Waals surface area contributed by atoms with Crippen molar-refractivity contribution in [2.75, 3.05) is 72.8 Å². The fourth-order valence-corrected chi connectivity index (χ4v) is 23.6. The maximum absolute atomic E-state index is 11.3. The standard InChI is InChI=1S/C42H49ClN2O4S.C17H26NO.C15H16ClN.2C15H21NO3S.C11H13N.C4H8O3S.2BrH.ClH.Na/c1-6-7-28-49-45-35-20-11-10-19-34(35)41(2,3)38(45)26-23-32-17-14-16-31(40(32)43)22-25-37-42(4,5)39-33-18-9-8-15-30(33)21-24-36(39)44(37)27-12-13-29-50(46,47)48;1-5-6-7-10-13-19-18-14(2)17(3,4)15-11-8-9-12-16(15)18;1-2-12-7-6-8-13(15(12)16)11-17-14-9-4-3-5-10-14;2*1-12-15(2,3)13-8-4-5-9-14(13)16(12)10-6-7-11-20(17,18)19;1-8-11(2,3)9-6-4-5-7-10(9)12-8;5-8(6)4-2-1-3-7-8;;;;/h8-11,15,18-26H,6-7,12-14,16-17,27-29H2,1-5H3;8-9,11-12H,5-7,10,13H2,1-4H3;2-5,9-11,17H,1,6-8H2;2*4-5,8-9H,6-7,10-11H2,1-3H3;4-7H,1-3H3;1-4H2;3*1H;/q;+1;;;;;;;;;+1/p-3/b;;13-11+;;;;;;;;. The van der Waals surface area contributed by atoms with Gasteiger partial charge < -0.3 is 65.3 Å². The predicted molar refractivity (Wildman–Crippen MR) is 599 cm³/mol. The van der Waals surface area contributed by atoms with Gasteiger partial charge in [0.1, 0.15) is 19.6 Å². The Morgan fingerprint density at radius 3 is 1.48 bits per heavy atom. The van der Waals surface area contributed by atoms with Crippen molar-refractivity contribution < 1.29 is 156 Å². The summed E-state index contributed by atoms with van der Waals surface area (Å²) in [5.41, 5.74) is 27.3. The van der Waals surface area contributed by atoms with Crippen molar-refractivity contribution in [2.45, 2.75) is 286 Å². The van der Waals surface area contributed by atoms with Crippen LogP contribution in [0.3, 0.4) is 0 Å². The van der Waals surface area contributed by atoms with E-state index in [9.17, 15) is 47.3 Å². The number of unbranched alkanes of at least 4 members (excludes halogenated alkanes) is 7. The number of hydrogen-bond donors (Lipinski definition) is 1. The van der Waals surface area contributed by atoms with Gasteiger partial charge in [-0.15, -0.1) is 0 Å². The van der Waals surface area contributed by atoms with Gasteiger partial charge in [0.15, 0.2) is 23.7 Å². The molecule has 0 unspecified atom stereocenters. The number of fused-ring (bicyclic) bond motifs is 8. The van der Waals surface area contributed by atoms with Gasteiger partial charge in [-0.25, -0.2) is 30.3 Å². The number of nitrogens with zero attached hydrogens (tertiary/aromatic N) is 6. The molecule has 0 aromatic heterocycles. The van der Waals surface area contributed by atoms with E-state index in [0.29, 0.717) is 58.3 Å². The van der Waals surface area contributed by atoms with E-state index in [1.54, 1.807) is 0 Å². The minimum absolute atomic E-state index is 0. The van der Waals surface area contributed by atoms with Gasteiger partial charge in [0.2, 0.25) is 22.8 Å². The van der Waals surface area contributed by atoms with Crippen molar-refractivity contribution in [3.05, 3.63) is 303 Å². The predicted octanol–water partition coefficient (Wildman–Crippen LogP) is 15.6. The van der Waals surface area contributed by atoms with E-state index in [1.807, 2.05) is 82.7 Å². The molecule has 0 saturated carbocycles. The summed E-state index contributed by atoms with van der Waals surface area (Å²) in [6, 6.07) is 64.8. The topological polar surface area (TPSA) is 273 Å². The monoisotopic (exact) mass is 2320 g/mol. The molecule has 810 valence electrons. The molecule has 0 bridgehead atoms. The Kier molecular flexibility index (Phi) is 49.4. The number of aliphatic imine (C=N–C) groups is 1. The Morgan fingerprint density at radius 1 is 0.473 bits per heavy atom. The average Bonchev–Trinajstić information content (AvgIpc) is 1.56. The van der Waals surface area contributed by atoms with Crippen LogP contribution in [0.15, 0.2) is 274 Å². The molecular weight excluding hydrogens is 2170 g/mol. The van der Waals surface area contributed by atoms with Crippen LogP contribution in [0.1, 0.15) is 286 Å². The molecule has 21 nitrogen and oxygen atoms in total. The molecule has 0 atom stereocenters. The molecule has 0 amide bonds. The zero-order chi connectivity index (χ0) is 106. The summed E-state index contributed by atoms with van der Waals surface area (Å²) in [5.74, 6) is -0.692. The Hall–Kier alpha value is -7.62. The number of halogens is 5. The summed E-state index contributed by atoms with van der Waals surface area (Å²) in [4.78, 5) is 16.9. The van der Waals surface area contributed by atoms with Gasteiger partial charge in [0.25, 0.3) is 15.8 Å². The van der Waals surface area contributed by atoms with Crippen LogP contribution in [-0.2, 0) is 86.8 Å². The van der Waals surface area contributed by atoms with Crippen molar-refractivity contribution >= 4 is 143 Å². The van der Waals surface area contributed by atoms with E-state index in [2.05, 4.69) is 311 Å². The Bertz CT molecular complexity index is 6780. The average molecular weight is 2320 g/mol. The number of nitrogens with one attached hydrogen (secondary N) is 1. The molecule has 7 aliphatic heterocycles. The second kappa shape index (κ2) is 57.4. The molecule has 8 aromatic rings. The van der Waals surface area contributed by atoms with Crippen molar-refractivity contribution in [3.8, 4) is 0 Å². The van der Waals surface area contributed by atoms with Gasteiger partial charge in [-0.05, 0) is 233 Å². The third-order valence-corrected chi connectivity index (χ3v) is 34.5. The van der Waals surface area contributed by atoms with E-state index in [4.69, 9.17) is 32.9 Å². The Morgan fingerprint density at radius 2 is 0.953 bits per heavy atom. The molecule has 1 fully saturated rings. The number of allylic oxidation sites excluding steroid dienone is 12. The summed E-state index contributed by atoms with van der Waals surface area (Å²) < 4.78 is 132. The maximum Gasteiger partial charge on any atom is 1.00 e. The molecule has 9 aliphatic rings. The van der Waals surface area contributed by atoms with E-state index in [0.717, 1.165) is 157 Å². The van der Waals surface area contributed by atoms with E-state index < -0.39 is 40.5 Å². The molecule has 7 heterocycles. The molecule has 1 N–H and O–H groups in total. The van der Waals surface area contributed by atoms with Gasteiger partial charge in [-0.3, -0.25) is 18.9 Å². The third-order valence-electron chi connectivity index (χ3n) is 29.8. The van der Waals surface area contributed by atoms with Crippen LogP contribution >= 0.6 is 23.2 Å². The minimum Gasteiger partial charge on any atom is -1.00 e. The molecule has 31 heteroatoms. The number of para-hydroxylation sites is 6. The fourth-order valence-electron chi connectivity index (χ4n) is 20.2. The van der Waals surface area contributed by atoms with Crippen LogP contribution < -0.4 is 86.3 Å². The summed E-state index contributed by atoms with van der Waals surface area (Å²) in [6.07, 6.45) is 30.4. The third kappa shape index (κ3) is 33.3. The normalized spacial score (nSPS) is 18.5. The number of benzene rings is 8. The zero-order valence-corrected chi connectivity index (χ0v) is 102. The first-order valence-electron chi connectivity index (χ1n) is 51.9. The Labute approximate surface area is 955 Å². The molecule has 150 heavy (non-hydrogen) atoms. The number of anilines is 2. The van der Waals surface area contributed by atoms with Gasteiger partial charge in [-0.2, -0.15) is 22.1 Å². The number of hydrogen-bond acceptors (Lipinski definition) is 17. The molecule has 2 aliphatic carbocycles. The second-order valence-electron chi connectivity index (χ2n) is 42.0. The zero-order valence-electron chi connectivity index (χ0n) is 91.2. The second-order valence-corrected chi connectivity index (χ2v) is 49.1. The summed E-state index contributed by atoms with van der Waals surface area (Å²) in [5, 5.41) is 9.34. The molecule has 1 saturated heterocycles. The molecular formula is C119H154Br2Cl3N7NaO14S4-. The quantitative estimate of drug-likeness (QED) is 0.0139. The van der Waals surface area contributed by atoms with Crippen LogP contribution in [0.4, 0.5) is 39.8 Å². The van der Waals surface area contributed by atoms with Crippen molar-refractivity contribution in [2.24, 2.45) is 4.99 Å². The first kappa shape index (κ1) is 129. The first-order chi connectivity index (χ1) is 69.0. The van der Waals surface area contributed by atoms with Crippen molar-refractivity contribution in [1.82, 2.24) is 0 Å². The van der Waals surface area contributed by atoms with Crippen LogP contribution in [0, 0.1) is 0 Å². The minimum atomic E-state index is -4.25. The smallest absolute Gasteiger partial charge is 1.00 e. The van der Waals surface area contributed by atoms with Gasteiger partial charge in [-0.1, -0.05) is 242 Å². The number of rotatable bonds is 31. The van der Waals surface area contributed by atoms with E-state index in [-0.39, 0.29) is 131 Å². The SMILES string of the molecule is C=CC1=C(Cl)/C(=C/Nc2ccccc2)CCC1.CC1=Nc2ccccc2C1(C)C.CC1=[N+](CCCCS(=O)(=O)[O-])c2ccccc2C1(C)C.CC1=[N+](CCCCS(=O)(=O)[O-])c2ccccc2C1(C)C.CCCCCCO[N+]1=C(C)C(C)(C)c2ccccc21.CCCCON1/C(=C/C=C2\CCCC(/C=C/C3=[N+](CCCCS(=O)(=O)[O-])c4ccc5ccccc5c4C3(C)C)=C2Cl)C(C)(C)c2ccccc21.O=S1(=O)CCCCO1.[Br-].[Br-].[Cl-].[Na+]. The van der Waals surface area contributed by atoms with Crippen LogP contribution in [0.5, 0.6) is 0 Å².